The Morgan fingerprint density at radius 3 is 1.94 bits per heavy atom. The molecular formula is C7H6F4N4O3. The Balaban J connectivity index is 2.99. The average molecular weight is 270 g/mol. The third-order valence-electron chi connectivity index (χ3n) is 1.33. The van der Waals surface area contributed by atoms with Gasteiger partial charge < -0.3 is 15.2 Å². The SMILES string of the molecule is NC(=O)Nc1nc(OC(F)F)cc(OC(F)F)n1. The molecule has 2 amide bonds. The molecule has 3 N–H and O–H groups in total. The van der Waals surface area contributed by atoms with Crippen LogP contribution in [-0.4, -0.2) is 29.2 Å². The summed E-state index contributed by atoms with van der Waals surface area (Å²) in [6, 6.07) is -0.517. The van der Waals surface area contributed by atoms with E-state index in [9.17, 15) is 22.4 Å². The first-order valence-electron chi connectivity index (χ1n) is 4.22. The molecule has 0 aromatic carbocycles. The number of nitrogens with zero attached hydrogens (tertiary/aromatic N) is 2. The van der Waals surface area contributed by atoms with E-state index in [1.807, 2.05) is 0 Å². The van der Waals surface area contributed by atoms with Crippen molar-refractivity contribution in [3.8, 4) is 11.8 Å². The van der Waals surface area contributed by atoms with Crippen LogP contribution in [0.3, 0.4) is 0 Å². The third-order valence-corrected chi connectivity index (χ3v) is 1.33. The summed E-state index contributed by atoms with van der Waals surface area (Å²) in [5.74, 6) is -2.14. The Hall–Kier alpha value is -2.33. The maximum atomic E-state index is 11.9. The van der Waals surface area contributed by atoms with Gasteiger partial charge in [0.1, 0.15) is 0 Å². The van der Waals surface area contributed by atoms with Crippen molar-refractivity contribution in [3.05, 3.63) is 6.07 Å². The summed E-state index contributed by atoms with van der Waals surface area (Å²) in [7, 11) is 0. The average Bonchev–Trinajstić information content (AvgIpc) is 2.12. The molecule has 0 spiro atoms. The zero-order chi connectivity index (χ0) is 13.7. The highest BCUT2D eigenvalue weighted by molar-refractivity contribution is 5.85. The van der Waals surface area contributed by atoms with Gasteiger partial charge in [0, 0.05) is 0 Å². The first-order valence-corrected chi connectivity index (χ1v) is 4.22. The minimum absolute atomic E-state index is 0.602. The van der Waals surface area contributed by atoms with Crippen LogP contribution in [0.4, 0.5) is 28.3 Å². The van der Waals surface area contributed by atoms with Crippen LogP contribution in [0.15, 0.2) is 6.07 Å². The molecule has 11 heteroatoms. The standard InChI is InChI=1S/C7H6F4N4O3/c8-4(9)17-2-1-3(18-5(10)11)14-7(13-2)15-6(12)16/h1,4-5H,(H3,12,13,14,15,16). The maximum Gasteiger partial charge on any atom is 0.388 e. The van der Waals surface area contributed by atoms with Gasteiger partial charge in [0.2, 0.25) is 17.7 Å². The summed E-state index contributed by atoms with van der Waals surface area (Å²) in [5, 5.41) is 1.80. The van der Waals surface area contributed by atoms with Crippen molar-refractivity contribution in [3.63, 3.8) is 0 Å². The summed E-state index contributed by atoms with van der Waals surface area (Å²) in [4.78, 5) is 17.0. The fourth-order valence-electron chi connectivity index (χ4n) is 0.873. The lowest BCUT2D eigenvalue weighted by atomic mass is 10.6. The van der Waals surface area contributed by atoms with Gasteiger partial charge in [0.05, 0.1) is 6.07 Å². The monoisotopic (exact) mass is 270 g/mol. The number of halogens is 4. The van der Waals surface area contributed by atoms with Crippen LogP contribution in [0.2, 0.25) is 0 Å². The number of ether oxygens (including phenoxy) is 2. The molecule has 0 unspecified atom stereocenters. The molecule has 0 aliphatic heterocycles. The molecule has 0 saturated heterocycles. The van der Waals surface area contributed by atoms with Gasteiger partial charge in [-0.2, -0.15) is 27.5 Å². The van der Waals surface area contributed by atoms with Crippen LogP contribution in [0.25, 0.3) is 0 Å². The smallest absolute Gasteiger partial charge is 0.388 e. The molecule has 0 bridgehead atoms. The Morgan fingerprint density at radius 1 is 1.17 bits per heavy atom. The molecule has 18 heavy (non-hydrogen) atoms. The fraction of sp³-hybridized carbons (Fsp3) is 0.286. The molecule has 1 rings (SSSR count). The van der Waals surface area contributed by atoms with E-state index in [0.717, 1.165) is 0 Å². The van der Waals surface area contributed by atoms with Crippen LogP contribution in [0, 0.1) is 0 Å². The van der Waals surface area contributed by atoms with Crippen molar-refractivity contribution < 1.29 is 31.8 Å². The fourth-order valence-corrected chi connectivity index (χ4v) is 0.873. The van der Waals surface area contributed by atoms with Crippen LogP contribution in [0.5, 0.6) is 11.8 Å². The van der Waals surface area contributed by atoms with Gasteiger partial charge >= 0.3 is 19.3 Å². The van der Waals surface area contributed by atoms with Gasteiger partial charge in [0.25, 0.3) is 0 Å². The molecule has 0 fully saturated rings. The van der Waals surface area contributed by atoms with Gasteiger partial charge in [-0.05, 0) is 0 Å². The summed E-state index contributed by atoms with van der Waals surface area (Å²) in [6.45, 7) is -6.47. The van der Waals surface area contributed by atoms with Crippen LogP contribution in [0.1, 0.15) is 0 Å². The van der Waals surface area contributed by atoms with E-state index in [1.54, 1.807) is 5.32 Å². The van der Waals surface area contributed by atoms with Crippen molar-refractivity contribution in [1.29, 1.82) is 0 Å². The van der Waals surface area contributed by atoms with Crippen molar-refractivity contribution in [2.75, 3.05) is 5.32 Å². The number of alkyl halides is 4. The van der Waals surface area contributed by atoms with Gasteiger partial charge in [-0.15, -0.1) is 0 Å². The Morgan fingerprint density at radius 2 is 1.61 bits per heavy atom. The minimum atomic E-state index is -3.24. The van der Waals surface area contributed by atoms with Gasteiger partial charge in [-0.1, -0.05) is 0 Å². The highest BCUT2D eigenvalue weighted by atomic mass is 19.3. The van der Waals surface area contributed by atoms with Crippen molar-refractivity contribution in [2.45, 2.75) is 13.2 Å². The number of anilines is 1. The molecule has 1 aromatic heterocycles. The first kappa shape index (κ1) is 13.7. The summed E-state index contributed by atoms with van der Waals surface area (Å²) >= 11 is 0. The number of amides is 2. The lowest BCUT2D eigenvalue weighted by Crippen LogP contribution is -2.21. The second-order valence-corrected chi connectivity index (χ2v) is 2.61. The zero-order valence-electron chi connectivity index (χ0n) is 8.44. The molecule has 0 radical (unpaired) electrons. The van der Waals surface area contributed by atoms with E-state index in [1.165, 1.54) is 0 Å². The molecule has 1 heterocycles. The number of primary amides is 1. The van der Waals surface area contributed by atoms with Gasteiger partial charge in [-0.25, -0.2) is 4.79 Å². The second kappa shape index (κ2) is 5.84. The molecule has 1 aromatic rings. The largest absolute Gasteiger partial charge is 0.417 e. The first-order chi connectivity index (χ1) is 8.36. The maximum absolute atomic E-state index is 11.9. The van der Waals surface area contributed by atoms with E-state index in [-0.39, 0.29) is 0 Å². The van der Waals surface area contributed by atoms with Crippen LogP contribution < -0.4 is 20.5 Å². The Bertz CT molecular complexity index is 403. The second-order valence-electron chi connectivity index (χ2n) is 2.61. The number of hydrogen-bond donors (Lipinski definition) is 2. The summed E-state index contributed by atoms with van der Waals surface area (Å²) < 4.78 is 55.4. The van der Waals surface area contributed by atoms with Crippen molar-refractivity contribution in [1.82, 2.24) is 9.97 Å². The third kappa shape index (κ3) is 4.67. The van der Waals surface area contributed by atoms with E-state index in [0.29, 0.717) is 6.07 Å². The number of aromatic nitrogens is 2. The molecule has 0 aliphatic carbocycles. The van der Waals surface area contributed by atoms with E-state index in [4.69, 9.17) is 5.73 Å². The molecule has 0 atom stereocenters. The van der Waals surface area contributed by atoms with Crippen LogP contribution >= 0.6 is 0 Å². The Kier molecular flexibility index (Phi) is 4.45. The molecule has 0 saturated carbocycles. The summed E-state index contributed by atoms with van der Waals surface area (Å²) in [5.41, 5.74) is 4.72. The summed E-state index contributed by atoms with van der Waals surface area (Å²) in [6.07, 6.45) is 0. The molecule has 100 valence electrons. The van der Waals surface area contributed by atoms with Gasteiger partial charge in [0.15, 0.2) is 0 Å². The predicted octanol–water partition coefficient (Wildman–Crippen LogP) is 1.17. The normalized spacial score (nSPS) is 10.6. The lowest BCUT2D eigenvalue weighted by molar-refractivity contribution is -0.0579. The Labute approximate surface area is 96.9 Å². The van der Waals surface area contributed by atoms with Crippen LogP contribution in [-0.2, 0) is 0 Å². The number of carbonyl (C=O) groups is 1. The lowest BCUT2D eigenvalue weighted by Gasteiger charge is -2.08. The number of urea groups is 1. The molecular weight excluding hydrogens is 264 g/mol. The minimum Gasteiger partial charge on any atom is -0.417 e. The predicted molar refractivity (Wildman–Crippen MR) is 48.5 cm³/mol. The zero-order valence-corrected chi connectivity index (χ0v) is 8.44. The van der Waals surface area contributed by atoms with Crippen molar-refractivity contribution >= 4 is 12.0 Å². The number of carbonyl (C=O) groups excluding carboxylic acids is 1. The topological polar surface area (TPSA) is 99.4 Å². The van der Waals surface area contributed by atoms with E-state index in [2.05, 4.69) is 19.4 Å². The highest BCUT2D eigenvalue weighted by Gasteiger charge is 2.14. The van der Waals surface area contributed by atoms with E-state index >= 15 is 0 Å². The van der Waals surface area contributed by atoms with Crippen molar-refractivity contribution in [2.24, 2.45) is 5.73 Å². The van der Waals surface area contributed by atoms with E-state index < -0.39 is 37.0 Å². The van der Waals surface area contributed by atoms with Gasteiger partial charge in [-0.3, -0.25) is 5.32 Å². The number of rotatable bonds is 5. The highest BCUT2D eigenvalue weighted by Crippen LogP contribution is 2.21. The molecule has 7 nitrogen and oxygen atoms in total. The number of nitrogens with two attached hydrogens (primary N) is 1. The number of nitrogens with one attached hydrogen (secondary N) is 1. The number of hydrogen-bond acceptors (Lipinski definition) is 5. The molecule has 0 aliphatic rings. The quantitative estimate of drug-likeness (QED) is 0.782.